The second-order valence-electron chi connectivity index (χ2n) is 7.37. The van der Waals surface area contributed by atoms with Gasteiger partial charge in [-0.05, 0) is 55.4 Å². The fourth-order valence-electron chi connectivity index (χ4n) is 3.43. The van der Waals surface area contributed by atoms with Crippen molar-refractivity contribution in [2.24, 2.45) is 5.92 Å². The van der Waals surface area contributed by atoms with Crippen LogP contribution >= 0.6 is 15.9 Å². The highest BCUT2D eigenvalue weighted by Crippen LogP contribution is 2.35. The van der Waals surface area contributed by atoms with E-state index in [1.54, 1.807) is 12.1 Å². The third-order valence-electron chi connectivity index (χ3n) is 5.13. The van der Waals surface area contributed by atoms with Gasteiger partial charge in [-0.25, -0.2) is 9.59 Å². The molecule has 8 nitrogen and oxygen atoms in total. The van der Waals surface area contributed by atoms with Crippen molar-refractivity contribution >= 4 is 45.8 Å². The predicted molar refractivity (Wildman–Crippen MR) is 108 cm³/mol. The Morgan fingerprint density at radius 2 is 2.07 bits per heavy atom. The number of hydrazine groups is 1. The van der Waals surface area contributed by atoms with Crippen LogP contribution in [0, 0.1) is 5.92 Å². The monoisotopic (exact) mass is 463 g/mol. The summed E-state index contributed by atoms with van der Waals surface area (Å²) in [5.74, 6) is -1.45. The zero-order valence-corrected chi connectivity index (χ0v) is 17.5. The van der Waals surface area contributed by atoms with E-state index < -0.39 is 36.0 Å². The molecule has 1 heterocycles. The second-order valence-corrected chi connectivity index (χ2v) is 8.28. The van der Waals surface area contributed by atoms with Crippen LogP contribution in [0.5, 0.6) is 0 Å². The Kier molecular flexibility index (Phi) is 6.36. The van der Waals surface area contributed by atoms with Gasteiger partial charge in [0.05, 0.1) is 0 Å². The molecule has 0 aromatic heterocycles. The van der Waals surface area contributed by atoms with E-state index in [1.165, 1.54) is 6.08 Å². The number of rotatable bonds is 5. The van der Waals surface area contributed by atoms with Crippen LogP contribution in [0.3, 0.4) is 0 Å². The number of nitrogens with one attached hydrogen (secondary N) is 2. The Balaban J connectivity index is 1.49. The normalized spacial score (nSPS) is 24.1. The summed E-state index contributed by atoms with van der Waals surface area (Å²) >= 11 is 3.33. The number of imide groups is 1. The fourth-order valence-corrected chi connectivity index (χ4v) is 3.85. The molecule has 1 saturated heterocycles. The minimum atomic E-state index is -0.944. The van der Waals surface area contributed by atoms with Crippen LogP contribution in [0.1, 0.15) is 38.2 Å². The van der Waals surface area contributed by atoms with E-state index in [-0.39, 0.29) is 0 Å². The number of benzene rings is 1. The zero-order chi connectivity index (χ0) is 21.0. The fraction of sp³-hybridized carbons (Fsp3) is 0.400. The third kappa shape index (κ3) is 5.03. The van der Waals surface area contributed by atoms with Crippen LogP contribution in [0.2, 0.25) is 0 Å². The number of nitrogens with zero attached hydrogens (tertiary/aromatic N) is 1. The maximum absolute atomic E-state index is 12.7. The first-order valence-electron chi connectivity index (χ1n) is 9.36. The van der Waals surface area contributed by atoms with E-state index >= 15 is 0 Å². The maximum Gasteiger partial charge on any atom is 0.344 e. The van der Waals surface area contributed by atoms with Gasteiger partial charge in [-0.2, -0.15) is 5.01 Å². The molecule has 1 spiro atoms. The average Bonchev–Trinajstić information content (AvgIpc) is 2.91. The van der Waals surface area contributed by atoms with Gasteiger partial charge in [0, 0.05) is 10.5 Å². The molecule has 29 heavy (non-hydrogen) atoms. The highest BCUT2D eigenvalue weighted by molar-refractivity contribution is 9.10. The number of hydrogen-bond acceptors (Lipinski definition) is 5. The van der Waals surface area contributed by atoms with Gasteiger partial charge in [-0.3, -0.25) is 15.0 Å². The molecule has 2 N–H and O–H groups in total. The lowest BCUT2D eigenvalue weighted by molar-refractivity contribution is -0.147. The Hall–Kier alpha value is -2.68. The molecule has 1 aliphatic heterocycles. The van der Waals surface area contributed by atoms with Crippen molar-refractivity contribution in [3.05, 3.63) is 40.4 Å². The molecule has 2 fully saturated rings. The van der Waals surface area contributed by atoms with Gasteiger partial charge >= 0.3 is 12.0 Å². The van der Waals surface area contributed by atoms with Crippen LogP contribution in [-0.4, -0.2) is 41.0 Å². The molecule has 1 aromatic rings. The van der Waals surface area contributed by atoms with Crippen molar-refractivity contribution in [3.8, 4) is 0 Å². The van der Waals surface area contributed by atoms with E-state index in [9.17, 15) is 19.2 Å². The molecule has 3 rings (SSSR count). The molecular formula is C20H22BrN3O5. The lowest BCUT2D eigenvalue weighted by atomic mass is 9.77. The molecule has 0 bridgehead atoms. The van der Waals surface area contributed by atoms with Crippen LogP contribution in [0.25, 0.3) is 6.08 Å². The lowest BCUT2D eigenvalue weighted by Crippen LogP contribution is -2.52. The summed E-state index contributed by atoms with van der Waals surface area (Å²) < 4.78 is 5.74. The third-order valence-corrected chi connectivity index (χ3v) is 5.63. The number of ether oxygens (including phenoxy) is 1. The van der Waals surface area contributed by atoms with Gasteiger partial charge in [0.2, 0.25) is 0 Å². The van der Waals surface area contributed by atoms with Crippen LogP contribution in [0.4, 0.5) is 4.79 Å². The number of esters is 1. The molecule has 9 heteroatoms. The number of urea groups is 1. The number of amides is 4. The Labute approximate surface area is 176 Å². The lowest BCUT2D eigenvalue weighted by Gasteiger charge is -2.33. The zero-order valence-electron chi connectivity index (χ0n) is 15.9. The van der Waals surface area contributed by atoms with Gasteiger partial charge < -0.3 is 10.1 Å². The summed E-state index contributed by atoms with van der Waals surface area (Å²) in [4.78, 5) is 48.6. The largest absolute Gasteiger partial charge is 0.452 e. The minimum Gasteiger partial charge on any atom is -0.452 e. The topological polar surface area (TPSA) is 105 Å². The standard InChI is InChI=1S/C20H22BrN3O5/c1-13-7-9-20(10-8-13)18(27)24(19(28)22-20)23-16(25)12-29-17(26)6-5-14-3-2-4-15(21)11-14/h2-6,11,13H,7-10,12H2,1H3,(H,22,28)(H,23,25)/b6-5+. The van der Waals surface area contributed by atoms with Gasteiger partial charge in [0.25, 0.3) is 11.8 Å². The molecule has 1 aliphatic carbocycles. The summed E-state index contributed by atoms with van der Waals surface area (Å²) in [6.45, 7) is 1.50. The van der Waals surface area contributed by atoms with E-state index in [0.717, 1.165) is 22.9 Å². The van der Waals surface area contributed by atoms with Crippen LogP contribution in [-0.2, 0) is 19.1 Å². The summed E-state index contributed by atoms with van der Waals surface area (Å²) in [5, 5.41) is 3.39. The first-order chi connectivity index (χ1) is 13.8. The SMILES string of the molecule is CC1CCC2(CC1)NC(=O)N(NC(=O)COC(=O)/C=C/c1cccc(Br)c1)C2=O. The number of carbonyl (C=O) groups is 4. The second kappa shape index (κ2) is 8.77. The number of halogens is 1. The number of hydrogen-bond donors (Lipinski definition) is 2. The predicted octanol–water partition coefficient (Wildman–Crippen LogP) is 2.54. The van der Waals surface area contributed by atoms with Gasteiger partial charge in [-0.1, -0.05) is 35.0 Å². The van der Waals surface area contributed by atoms with Crippen molar-refractivity contribution in [2.75, 3.05) is 6.61 Å². The molecule has 0 unspecified atom stereocenters. The van der Waals surface area contributed by atoms with Gasteiger partial charge in [0.1, 0.15) is 5.54 Å². The average molecular weight is 464 g/mol. The van der Waals surface area contributed by atoms with Crippen molar-refractivity contribution in [1.82, 2.24) is 15.8 Å². The molecule has 1 saturated carbocycles. The van der Waals surface area contributed by atoms with Crippen molar-refractivity contribution < 1.29 is 23.9 Å². The summed E-state index contributed by atoms with van der Waals surface area (Å²) in [7, 11) is 0. The van der Waals surface area contributed by atoms with Crippen molar-refractivity contribution in [3.63, 3.8) is 0 Å². The highest BCUT2D eigenvalue weighted by Gasteiger charge is 2.52. The first-order valence-corrected chi connectivity index (χ1v) is 10.1. The molecule has 2 aliphatic rings. The molecule has 154 valence electrons. The Morgan fingerprint density at radius 1 is 1.34 bits per heavy atom. The summed E-state index contributed by atoms with van der Waals surface area (Å²) in [6, 6.07) is 6.63. The minimum absolute atomic E-state index is 0.469. The van der Waals surface area contributed by atoms with E-state index in [2.05, 4.69) is 33.6 Å². The summed E-state index contributed by atoms with van der Waals surface area (Å²) in [5.41, 5.74) is 2.06. The smallest absolute Gasteiger partial charge is 0.344 e. The van der Waals surface area contributed by atoms with E-state index in [4.69, 9.17) is 4.74 Å². The number of carbonyl (C=O) groups excluding carboxylic acids is 4. The van der Waals surface area contributed by atoms with Gasteiger partial charge in [0.15, 0.2) is 6.61 Å². The molecule has 0 radical (unpaired) electrons. The Bertz CT molecular complexity index is 861. The molecule has 4 amide bonds. The van der Waals surface area contributed by atoms with Crippen LogP contribution < -0.4 is 10.7 Å². The first kappa shape index (κ1) is 21.0. The van der Waals surface area contributed by atoms with Crippen LogP contribution in [0.15, 0.2) is 34.8 Å². The summed E-state index contributed by atoms with van der Waals surface area (Å²) in [6.07, 6.45) is 5.49. The quantitative estimate of drug-likeness (QED) is 0.396. The maximum atomic E-state index is 12.7. The highest BCUT2D eigenvalue weighted by atomic mass is 79.9. The Morgan fingerprint density at radius 3 is 2.76 bits per heavy atom. The van der Waals surface area contributed by atoms with E-state index in [1.807, 2.05) is 18.2 Å². The van der Waals surface area contributed by atoms with E-state index in [0.29, 0.717) is 23.8 Å². The van der Waals surface area contributed by atoms with Gasteiger partial charge in [-0.15, -0.1) is 0 Å². The van der Waals surface area contributed by atoms with Crippen molar-refractivity contribution in [2.45, 2.75) is 38.1 Å². The molecule has 0 atom stereocenters. The molecule has 1 aromatic carbocycles. The van der Waals surface area contributed by atoms with Crippen molar-refractivity contribution in [1.29, 1.82) is 0 Å². The molecular weight excluding hydrogens is 442 g/mol.